The molecular formula is C24H19N3OS. The van der Waals surface area contributed by atoms with Gasteiger partial charge in [-0.1, -0.05) is 60.7 Å². The fraction of sp³-hybridized carbons (Fsp3) is 0.0833. The van der Waals surface area contributed by atoms with Crippen LogP contribution in [0, 0.1) is 0 Å². The molecule has 0 atom stereocenters. The second-order valence-corrected chi connectivity index (χ2v) is 8.15. The van der Waals surface area contributed by atoms with Crippen LogP contribution in [0.3, 0.4) is 0 Å². The molecule has 4 nitrogen and oxygen atoms in total. The van der Waals surface area contributed by atoms with Crippen LogP contribution in [0.15, 0.2) is 60.7 Å². The second kappa shape index (κ2) is 6.87. The number of carbonyl (C=O) groups excluding carboxylic acids is 1. The van der Waals surface area contributed by atoms with Crippen LogP contribution in [0.25, 0.3) is 33.0 Å². The van der Waals surface area contributed by atoms with Crippen LogP contribution in [0.2, 0.25) is 0 Å². The zero-order valence-corrected chi connectivity index (χ0v) is 16.5. The first-order chi connectivity index (χ1) is 14.1. The number of amides is 1. The number of nitrogens with zero attached hydrogens (tertiary/aromatic N) is 1. The number of hydrogen-bond acceptors (Lipinski definition) is 4. The largest absolute Gasteiger partial charge is 0.397 e. The third-order valence-corrected chi connectivity index (χ3v) is 6.47. The van der Waals surface area contributed by atoms with Crippen molar-refractivity contribution in [3.8, 4) is 11.1 Å². The van der Waals surface area contributed by atoms with E-state index in [4.69, 9.17) is 16.5 Å². The SMILES string of the molecule is NC(=O)c1sc2nc3c(c(-c4ccccc4)c2c1N)CC/C3=C\c1ccccc1. The number of hydrogen-bond donors (Lipinski definition) is 2. The van der Waals surface area contributed by atoms with E-state index in [2.05, 4.69) is 30.3 Å². The van der Waals surface area contributed by atoms with E-state index >= 15 is 0 Å². The van der Waals surface area contributed by atoms with Gasteiger partial charge in [0.1, 0.15) is 9.71 Å². The highest BCUT2D eigenvalue weighted by Crippen LogP contribution is 2.46. The van der Waals surface area contributed by atoms with Crippen LogP contribution in [0.4, 0.5) is 5.69 Å². The van der Waals surface area contributed by atoms with Gasteiger partial charge in [-0.2, -0.15) is 0 Å². The van der Waals surface area contributed by atoms with E-state index in [1.807, 2.05) is 36.4 Å². The molecule has 2 aromatic carbocycles. The maximum absolute atomic E-state index is 11.9. The van der Waals surface area contributed by atoms with Gasteiger partial charge in [0.25, 0.3) is 5.91 Å². The maximum atomic E-state index is 11.9. The lowest BCUT2D eigenvalue weighted by molar-refractivity contribution is 0.100. The van der Waals surface area contributed by atoms with Gasteiger partial charge < -0.3 is 11.5 Å². The predicted octanol–water partition coefficient (Wildman–Crippen LogP) is 5.13. The lowest BCUT2D eigenvalue weighted by atomic mass is 9.95. The number of anilines is 1. The molecule has 1 aliphatic carbocycles. The Balaban J connectivity index is 1.82. The molecule has 0 saturated carbocycles. The van der Waals surface area contributed by atoms with Gasteiger partial charge in [-0.25, -0.2) is 4.98 Å². The number of allylic oxidation sites excluding steroid dienone is 1. The van der Waals surface area contributed by atoms with Crippen LogP contribution < -0.4 is 11.5 Å². The monoisotopic (exact) mass is 397 g/mol. The van der Waals surface area contributed by atoms with Crippen molar-refractivity contribution in [2.24, 2.45) is 5.73 Å². The van der Waals surface area contributed by atoms with Gasteiger partial charge in [0, 0.05) is 5.39 Å². The number of aromatic nitrogens is 1. The van der Waals surface area contributed by atoms with E-state index in [0.29, 0.717) is 10.6 Å². The Bertz CT molecular complexity index is 1270. The van der Waals surface area contributed by atoms with Crippen molar-refractivity contribution in [1.29, 1.82) is 0 Å². The first kappa shape index (κ1) is 17.6. The molecule has 0 unspecified atom stereocenters. The van der Waals surface area contributed by atoms with Crippen LogP contribution in [0.5, 0.6) is 0 Å². The number of primary amides is 1. The molecule has 0 radical (unpaired) electrons. The van der Waals surface area contributed by atoms with Gasteiger partial charge in [-0.15, -0.1) is 11.3 Å². The molecule has 5 rings (SSSR count). The molecule has 29 heavy (non-hydrogen) atoms. The molecule has 4 N–H and O–H groups in total. The molecule has 0 aliphatic heterocycles. The number of pyridine rings is 1. The minimum absolute atomic E-state index is 0.377. The van der Waals surface area contributed by atoms with Crippen molar-refractivity contribution in [3.63, 3.8) is 0 Å². The first-order valence-corrected chi connectivity index (χ1v) is 10.3. The molecule has 142 valence electrons. The molecule has 0 bridgehead atoms. The number of nitrogen functional groups attached to an aromatic ring is 1. The second-order valence-electron chi connectivity index (χ2n) is 7.15. The normalized spacial score (nSPS) is 14.4. The van der Waals surface area contributed by atoms with Crippen LogP contribution >= 0.6 is 11.3 Å². The highest BCUT2D eigenvalue weighted by molar-refractivity contribution is 7.21. The minimum atomic E-state index is -0.510. The summed E-state index contributed by atoms with van der Waals surface area (Å²) in [6.07, 6.45) is 4.02. The summed E-state index contributed by atoms with van der Waals surface area (Å²) in [5.74, 6) is -0.510. The topological polar surface area (TPSA) is 82.0 Å². The van der Waals surface area contributed by atoms with Gasteiger partial charge in [-0.3, -0.25) is 4.79 Å². The minimum Gasteiger partial charge on any atom is -0.397 e. The van der Waals surface area contributed by atoms with Gasteiger partial charge in [0.15, 0.2) is 0 Å². The zero-order valence-electron chi connectivity index (χ0n) is 15.7. The van der Waals surface area contributed by atoms with E-state index in [1.54, 1.807) is 0 Å². The van der Waals surface area contributed by atoms with Crippen molar-refractivity contribution >= 4 is 44.8 Å². The summed E-state index contributed by atoms with van der Waals surface area (Å²) >= 11 is 1.28. The summed E-state index contributed by atoms with van der Waals surface area (Å²) in [6, 6.07) is 20.5. The molecule has 2 aromatic heterocycles. The number of nitrogens with two attached hydrogens (primary N) is 2. The Kier molecular flexibility index (Phi) is 4.18. The number of fused-ring (bicyclic) bond motifs is 2. The van der Waals surface area contributed by atoms with Crippen molar-refractivity contribution in [1.82, 2.24) is 4.98 Å². The van der Waals surface area contributed by atoms with E-state index < -0.39 is 5.91 Å². The van der Waals surface area contributed by atoms with Crippen molar-refractivity contribution in [2.75, 3.05) is 5.73 Å². The Morgan fingerprint density at radius 3 is 2.38 bits per heavy atom. The van der Waals surface area contributed by atoms with Crippen LogP contribution in [0.1, 0.15) is 32.9 Å². The van der Waals surface area contributed by atoms with Crippen LogP contribution in [-0.2, 0) is 6.42 Å². The molecule has 0 fully saturated rings. The summed E-state index contributed by atoms with van der Waals surface area (Å²) in [4.78, 5) is 18.0. The Morgan fingerprint density at radius 1 is 1.00 bits per heavy atom. The molecule has 1 amide bonds. The third kappa shape index (κ3) is 2.91. The summed E-state index contributed by atoms with van der Waals surface area (Å²) in [5.41, 5.74) is 19.1. The quantitative estimate of drug-likeness (QED) is 0.503. The number of rotatable bonds is 3. The van der Waals surface area contributed by atoms with E-state index in [-0.39, 0.29) is 0 Å². The summed E-state index contributed by atoms with van der Waals surface area (Å²) in [7, 11) is 0. The van der Waals surface area contributed by atoms with Gasteiger partial charge in [0.05, 0.1) is 11.4 Å². The molecule has 0 saturated heterocycles. The molecule has 2 heterocycles. The maximum Gasteiger partial charge on any atom is 0.260 e. The Hall–Kier alpha value is -3.44. The van der Waals surface area contributed by atoms with Crippen molar-refractivity contribution in [3.05, 3.63) is 82.4 Å². The van der Waals surface area contributed by atoms with Crippen LogP contribution in [-0.4, -0.2) is 10.9 Å². The average molecular weight is 398 g/mol. The van der Waals surface area contributed by atoms with E-state index in [0.717, 1.165) is 45.4 Å². The Morgan fingerprint density at radius 2 is 1.69 bits per heavy atom. The number of benzene rings is 2. The summed E-state index contributed by atoms with van der Waals surface area (Å²) < 4.78 is 0. The van der Waals surface area contributed by atoms with E-state index in [1.165, 1.54) is 22.5 Å². The van der Waals surface area contributed by atoms with E-state index in [9.17, 15) is 4.79 Å². The molecule has 1 aliphatic rings. The first-order valence-electron chi connectivity index (χ1n) is 9.49. The zero-order chi connectivity index (χ0) is 20.0. The van der Waals surface area contributed by atoms with Gasteiger partial charge in [-0.05, 0) is 46.7 Å². The molecule has 0 spiro atoms. The molecular weight excluding hydrogens is 378 g/mol. The summed E-state index contributed by atoms with van der Waals surface area (Å²) in [5, 5.41) is 0.842. The van der Waals surface area contributed by atoms with Crippen molar-refractivity contribution < 1.29 is 4.79 Å². The molecule has 5 heteroatoms. The highest BCUT2D eigenvalue weighted by atomic mass is 32.1. The standard InChI is InChI=1S/C24H19N3OS/c25-20-19-18(15-9-5-2-6-10-15)17-12-11-16(13-14-7-3-1-4-8-14)21(17)27-24(19)29-22(20)23(26)28/h1-10,13H,11-12,25H2,(H2,26,28)/b16-13+. The average Bonchev–Trinajstić information content (AvgIpc) is 3.29. The molecule has 4 aromatic rings. The van der Waals surface area contributed by atoms with Gasteiger partial charge >= 0.3 is 0 Å². The fourth-order valence-corrected chi connectivity index (χ4v) is 5.03. The lowest BCUT2D eigenvalue weighted by Crippen LogP contribution is -2.10. The Labute approximate surface area is 172 Å². The van der Waals surface area contributed by atoms with Gasteiger partial charge in [0.2, 0.25) is 0 Å². The predicted molar refractivity (Wildman–Crippen MR) is 121 cm³/mol. The smallest absolute Gasteiger partial charge is 0.260 e. The lowest BCUT2D eigenvalue weighted by Gasteiger charge is -2.11. The fourth-order valence-electron chi connectivity index (χ4n) is 4.07. The van der Waals surface area contributed by atoms with Crippen molar-refractivity contribution in [2.45, 2.75) is 12.8 Å². The number of carbonyl (C=O) groups is 1. The summed E-state index contributed by atoms with van der Waals surface area (Å²) in [6.45, 7) is 0. The highest BCUT2D eigenvalue weighted by Gasteiger charge is 2.28. The third-order valence-electron chi connectivity index (χ3n) is 5.35. The number of thiophene rings is 1.